The van der Waals surface area contributed by atoms with E-state index in [1.807, 2.05) is 6.07 Å². The third-order valence-electron chi connectivity index (χ3n) is 3.06. The van der Waals surface area contributed by atoms with E-state index in [0.717, 1.165) is 44.3 Å². The Bertz CT molecular complexity index is 368. The van der Waals surface area contributed by atoms with Gasteiger partial charge in [-0.1, -0.05) is 13.3 Å². The van der Waals surface area contributed by atoms with Crippen LogP contribution in [0, 0.1) is 0 Å². The van der Waals surface area contributed by atoms with Crippen molar-refractivity contribution in [2.45, 2.75) is 45.1 Å². The fourth-order valence-electron chi connectivity index (χ4n) is 2.04. The van der Waals surface area contributed by atoms with Crippen LogP contribution in [0.4, 0.5) is 5.82 Å². The van der Waals surface area contributed by atoms with Gasteiger partial charge in [0, 0.05) is 11.8 Å². The largest absolute Gasteiger partial charge is 0.308 e. The zero-order valence-corrected chi connectivity index (χ0v) is 10.3. The van der Waals surface area contributed by atoms with Gasteiger partial charge in [0.15, 0.2) is 5.82 Å². The fourth-order valence-corrected chi connectivity index (χ4v) is 2.04. The highest BCUT2D eigenvalue weighted by Gasteiger charge is 2.22. The van der Waals surface area contributed by atoms with Crippen LogP contribution in [0.15, 0.2) is 6.07 Å². The van der Waals surface area contributed by atoms with E-state index in [2.05, 4.69) is 27.8 Å². The van der Waals surface area contributed by atoms with E-state index >= 15 is 0 Å². The monoisotopic (exact) mass is 236 g/mol. The van der Waals surface area contributed by atoms with Crippen molar-refractivity contribution < 1.29 is 4.79 Å². The van der Waals surface area contributed by atoms with Crippen molar-refractivity contribution >= 4 is 11.7 Å². The maximum absolute atomic E-state index is 11.8. The number of rotatable bonds is 5. The minimum absolute atomic E-state index is 0.0241. The van der Waals surface area contributed by atoms with E-state index in [1.165, 1.54) is 0 Å². The summed E-state index contributed by atoms with van der Waals surface area (Å²) in [7, 11) is 0. The number of carbonyl (C=O) groups is 1. The van der Waals surface area contributed by atoms with Crippen LogP contribution in [0.3, 0.4) is 0 Å². The summed E-state index contributed by atoms with van der Waals surface area (Å²) in [6.45, 7) is 3.09. The quantitative estimate of drug-likeness (QED) is 0.724. The van der Waals surface area contributed by atoms with Gasteiger partial charge in [0.05, 0.1) is 6.04 Å². The molecule has 94 valence electrons. The minimum Gasteiger partial charge on any atom is -0.308 e. The molecule has 1 saturated heterocycles. The lowest BCUT2D eigenvalue weighted by molar-refractivity contribution is -0.117. The van der Waals surface area contributed by atoms with Crippen molar-refractivity contribution in [2.24, 2.45) is 0 Å². The lowest BCUT2D eigenvalue weighted by Gasteiger charge is -2.08. The van der Waals surface area contributed by atoms with Crippen LogP contribution in [0.25, 0.3) is 0 Å². The summed E-state index contributed by atoms with van der Waals surface area (Å²) in [5.74, 6) is 0.658. The molecule has 1 amide bonds. The van der Waals surface area contributed by atoms with Gasteiger partial charge in [0.1, 0.15) is 0 Å². The molecule has 17 heavy (non-hydrogen) atoms. The molecule has 5 heteroatoms. The zero-order valence-electron chi connectivity index (χ0n) is 10.3. The molecule has 2 heterocycles. The molecule has 0 aliphatic carbocycles. The minimum atomic E-state index is -0.0502. The Morgan fingerprint density at radius 2 is 2.53 bits per heavy atom. The van der Waals surface area contributed by atoms with Crippen LogP contribution in [-0.2, 0) is 11.2 Å². The van der Waals surface area contributed by atoms with Gasteiger partial charge in [0.2, 0.25) is 5.91 Å². The second kappa shape index (κ2) is 5.82. The Morgan fingerprint density at radius 3 is 3.24 bits per heavy atom. The average molecular weight is 236 g/mol. The van der Waals surface area contributed by atoms with E-state index in [9.17, 15) is 4.79 Å². The van der Waals surface area contributed by atoms with Crippen molar-refractivity contribution in [1.29, 1.82) is 0 Å². The number of hydrogen-bond donors (Lipinski definition) is 3. The van der Waals surface area contributed by atoms with Crippen molar-refractivity contribution in [3.8, 4) is 0 Å². The van der Waals surface area contributed by atoms with Crippen molar-refractivity contribution in [3.05, 3.63) is 11.8 Å². The van der Waals surface area contributed by atoms with E-state index in [-0.39, 0.29) is 11.9 Å². The molecule has 0 radical (unpaired) electrons. The molecule has 0 bridgehead atoms. The Kier molecular flexibility index (Phi) is 4.14. The molecule has 2 rings (SSSR count). The highest BCUT2D eigenvalue weighted by molar-refractivity contribution is 5.94. The number of nitrogens with one attached hydrogen (secondary N) is 3. The van der Waals surface area contributed by atoms with Gasteiger partial charge < -0.3 is 10.6 Å². The van der Waals surface area contributed by atoms with Gasteiger partial charge in [-0.25, -0.2) is 0 Å². The molecular formula is C12H20N4O. The van der Waals surface area contributed by atoms with Crippen molar-refractivity contribution in [2.75, 3.05) is 11.9 Å². The Labute approximate surface area is 101 Å². The normalized spacial score (nSPS) is 19.5. The summed E-state index contributed by atoms with van der Waals surface area (Å²) in [6.07, 6.45) is 5.27. The number of H-pyrrole nitrogens is 1. The number of anilines is 1. The molecular weight excluding hydrogens is 216 g/mol. The van der Waals surface area contributed by atoms with Crippen LogP contribution in [-0.4, -0.2) is 28.7 Å². The van der Waals surface area contributed by atoms with Crippen LogP contribution in [0.1, 0.15) is 38.3 Å². The lowest BCUT2D eigenvalue weighted by Crippen LogP contribution is -2.35. The molecule has 1 aromatic heterocycles. The van der Waals surface area contributed by atoms with Gasteiger partial charge in [-0.05, 0) is 32.2 Å². The topological polar surface area (TPSA) is 69.8 Å². The smallest absolute Gasteiger partial charge is 0.242 e. The van der Waals surface area contributed by atoms with Gasteiger partial charge >= 0.3 is 0 Å². The first-order valence-corrected chi connectivity index (χ1v) is 6.38. The van der Waals surface area contributed by atoms with E-state index in [1.54, 1.807) is 0 Å². The molecule has 1 aliphatic rings. The maximum Gasteiger partial charge on any atom is 0.242 e. The van der Waals surface area contributed by atoms with Crippen LogP contribution < -0.4 is 10.6 Å². The van der Waals surface area contributed by atoms with Gasteiger partial charge in [-0.15, -0.1) is 0 Å². The summed E-state index contributed by atoms with van der Waals surface area (Å²) in [5, 5.41) is 13.1. The number of aryl methyl sites for hydroxylation is 1. The summed E-state index contributed by atoms with van der Waals surface area (Å²) in [4.78, 5) is 11.8. The molecule has 1 aliphatic heterocycles. The molecule has 3 N–H and O–H groups in total. The molecule has 1 atom stereocenters. The molecule has 1 aromatic rings. The molecule has 0 aromatic carbocycles. The second-order valence-electron chi connectivity index (χ2n) is 4.52. The lowest BCUT2D eigenvalue weighted by atomic mass is 10.2. The highest BCUT2D eigenvalue weighted by Crippen LogP contribution is 2.11. The Hall–Kier alpha value is -1.36. The van der Waals surface area contributed by atoms with Crippen molar-refractivity contribution in [3.63, 3.8) is 0 Å². The Morgan fingerprint density at radius 1 is 1.65 bits per heavy atom. The van der Waals surface area contributed by atoms with E-state index < -0.39 is 0 Å². The average Bonchev–Trinajstić information content (AvgIpc) is 2.97. The third-order valence-corrected chi connectivity index (χ3v) is 3.06. The Balaban J connectivity index is 1.85. The summed E-state index contributed by atoms with van der Waals surface area (Å²) in [5.41, 5.74) is 1.08. The molecule has 1 unspecified atom stereocenters. The SMILES string of the molecule is CCCCc1cc(NC(=O)C2CCCN2)n[nH]1. The number of carbonyl (C=O) groups excluding carboxylic acids is 1. The number of hydrogen-bond acceptors (Lipinski definition) is 3. The number of aromatic amines is 1. The molecule has 5 nitrogen and oxygen atoms in total. The number of amides is 1. The van der Waals surface area contributed by atoms with E-state index in [0.29, 0.717) is 5.82 Å². The first-order chi connectivity index (χ1) is 8.29. The van der Waals surface area contributed by atoms with Crippen LogP contribution in [0.2, 0.25) is 0 Å². The van der Waals surface area contributed by atoms with Gasteiger partial charge in [-0.3, -0.25) is 9.89 Å². The summed E-state index contributed by atoms with van der Waals surface area (Å²) < 4.78 is 0. The van der Waals surface area contributed by atoms with Gasteiger partial charge in [-0.2, -0.15) is 5.10 Å². The number of aromatic nitrogens is 2. The van der Waals surface area contributed by atoms with Crippen molar-refractivity contribution in [1.82, 2.24) is 15.5 Å². The third kappa shape index (κ3) is 3.30. The molecule has 0 spiro atoms. The predicted molar refractivity (Wildman–Crippen MR) is 66.9 cm³/mol. The van der Waals surface area contributed by atoms with Crippen LogP contribution >= 0.6 is 0 Å². The first-order valence-electron chi connectivity index (χ1n) is 6.38. The standard InChI is InChI=1S/C12H20N4O/c1-2-3-5-9-8-11(16-15-9)14-12(17)10-6-4-7-13-10/h8,10,13H,2-7H2,1H3,(H2,14,15,16,17). The molecule has 0 saturated carbocycles. The molecule has 1 fully saturated rings. The van der Waals surface area contributed by atoms with Crippen LogP contribution in [0.5, 0.6) is 0 Å². The highest BCUT2D eigenvalue weighted by atomic mass is 16.2. The zero-order chi connectivity index (χ0) is 12.1. The summed E-state index contributed by atoms with van der Waals surface area (Å²) in [6, 6.07) is 1.87. The number of nitrogens with zero attached hydrogens (tertiary/aromatic N) is 1. The second-order valence-corrected chi connectivity index (χ2v) is 4.52. The van der Waals surface area contributed by atoms with E-state index in [4.69, 9.17) is 0 Å². The fraction of sp³-hybridized carbons (Fsp3) is 0.667. The predicted octanol–water partition coefficient (Wildman–Crippen LogP) is 1.44. The maximum atomic E-state index is 11.8. The van der Waals surface area contributed by atoms with Gasteiger partial charge in [0.25, 0.3) is 0 Å². The first kappa shape index (κ1) is 12.1. The number of unbranched alkanes of at least 4 members (excludes halogenated alkanes) is 1. The summed E-state index contributed by atoms with van der Waals surface area (Å²) >= 11 is 0.